The van der Waals surface area contributed by atoms with Gasteiger partial charge in [0, 0.05) is 33.3 Å². The van der Waals surface area contributed by atoms with Crippen LogP contribution < -0.4 is 4.90 Å². The van der Waals surface area contributed by atoms with Crippen molar-refractivity contribution in [1.29, 1.82) is 0 Å². The molecule has 240 valence electrons. The van der Waals surface area contributed by atoms with Crippen LogP contribution in [0.15, 0.2) is 157 Å². The van der Waals surface area contributed by atoms with Crippen LogP contribution in [0.3, 0.4) is 0 Å². The second-order valence-electron chi connectivity index (χ2n) is 14.7. The fourth-order valence-corrected chi connectivity index (χ4v) is 8.66. The molecule has 2 nitrogen and oxygen atoms in total. The number of hydrogen-bond donors (Lipinski definition) is 0. The SMILES string of the molecule is CC1C=C(n2c3ccccc3c3cc(-c4ccc(N(c5ccccc5)C5C=C6C(=CC5C)c5ccccc5C6(C)C)cc4)ccc32)C=CC1. The molecular formula is C47H42N2. The molecule has 0 saturated heterocycles. The standard InChI is InChI=1S/C47H42N2/c1-31-13-12-16-37(27-31)49-44-20-11-9-18-39(44)41-29-34(23-26-45(41)49)33-21-24-36(25-22-33)48(35-14-6-5-7-15-35)46-30-43-40(28-32(46)2)38-17-8-10-19-42(38)47(43,3)4/h5-12,14-32,46H,13H2,1-4H3. The molecule has 6 aromatic rings. The highest BCUT2D eigenvalue weighted by Gasteiger charge is 2.41. The smallest absolute Gasteiger partial charge is 0.0588 e. The van der Waals surface area contributed by atoms with Gasteiger partial charge in [0.1, 0.15) is 0 Å². The van der Waals surface area contributed by atoms with Gasteiger partial charge in [0.25, 0.3) is 0 Å². The van der Waals surface area contributed by atoms with Gasteiger partial charge in [-0.3, -0.25) is 0 Å². The number of fused-ring (bicyclic) bond motifs is 6. The third-order valence-corrected chi connectivity index (χ3v) is 11.2. The minimum atomic E-state index is -0.0309. The van der Waals surface area contributed by atoms with Crippen molar-refractivity contribution in [3.63, 3.8) is 0 Å². The molecule has 5 aromatic carbocycles. The van der Waals surface area contributed by atoms with Crippen LogP contribution in [0.2, 0.25) is 0 Å². The summed E-state index contributed by atoms with van der Waals surface area (Å²) < 4.78 is 2.44. The first-order valence-corrected chi connectivity index (χ1v) is 17.8. The number of aromatic nitrogens is 1. The number of para-hydroxylation sites is 2. The summed E-state index contributed by atoms with van der Waals surface area (Å²) >= 11 is 0. The number of benzene rings is 5. The molecule has 1 heterocycles. The molecule has 0 bridgehead atoms. The number of nitrogens with zero attached hydrogens (tertiary/aromatic N) is 2. The Morgan fingerprint density at radius 3 is 2.16 bits per heavy atom. The van der Waals surface area contributed by atoms with E-state index in [2.05, 4.69) is 189 Å². The lowest BCUT2D eigenvalue weighted by atomic mass is 9.77. The van der Waals surface area contributed by atoms with Crippen LogP contribution in [0, 0.1) is 11.8 Å². The van der Waals surface area contributed by atoms with Gasteiger partial charge in [-0.05, 0) is 100 Å². The topological polar surface area (TPSA) is 8.17 Å². The molecule has 1 aromatic heterocycles. The van der Waals surface area contributed by atoms with Crippen molar-refractivity contribution in [2.75, 3.05) is 4.90 Å². The van der Waals surface area contributed by atoms with Gasteiger partial charge < -0.3 is 9.47 Å². The number of anilines is 2. The zero-order valence-corrected chi connectivity index (χ0v) is 28.8. The van der Waals surface area contributed by atoms with Crippen molar-refractivity contribution in [2.24, 2.45) is 11.8 Å². The molecule has 3 atom stereocenters. The van der Waals surface area contributed by atoms with Gasteiger partial charge in [-0.25, -0.2) is 0 Å². The summed E-state index contributed by atoms with van der Waals surface area (Å²) in [6, 6.07) is 45.1. The first-order chi connectivity index (χ1) is 23.9. The van der Waals surface area contributed by atoms with Crippen LogP contribution in [0.25, 0.3) is 44.2 Å². The minimum absolute atomic E-state index is 0.0309. The fraction of sp³-hybridized carbons (Fsp3) is 0.191. The maximum absolute atomic E-state index is 2.56. The Morgan fingerprint density at radius 1 is 0.653 bits per heavy atom. The third kappa shape index (κ3) is 4.76. The average Bonchev–Trinajstić information content (AvgIpc) is 3.57. The minimum Gasteiger partial charge on any atom is -0.334 e. The van der Waals surface area contributed by atoms with Gasteiger partial charge in [0.05, 0.1) is 17.1 Å². The van der Waals surface area contributed by atoms with Gasteiger partial charge in [0.15, 0.2) is 0 Å². The average molecular weight is 635 g/mol. The fourth-order valence-electron chi connectivity index (χ4n) is 8.66. The normalized spacial score (nSPS) is 20.8. The molecule has 0 fully saturated rings. The van der Waals surface area contributed by atoms with Gasteiger partial charge in [-0.1, -0.05) is 131 Å². The van der Waals surface area contributed by atoms with Crippen LogP contribution in [-0.4, -0.2) is 10.6 Å². The Hall–Kier alpha value is -5.34. The molecule has 2 heteroatoms. The van der Waals surface area contributed by atoms with E-state index in [1.165, 1.54) is 72.3 Å². The van der Waals surface area contributed by atoms with E-state index in [9.17, 15) is 0 Å². The highest BCUT2D eigenvalue weighted by Crippen LogP contribution is 2.53. The summed E-state index contributed by atoms with van der Waals surface area (Å²) in [4.78, 5) is 2.54. The summed E-state index contributed by atoms with van der Waals surface area (Å²) in [5, 5.41) is 2.59. The van der Waals surface area contributed by atoms with Crippen molar-refractivity contribution in [2.45, 2.75) is 45.6 Å². The highest BCUT2D eigenvalue weighted by molar-refractivity contribution is 6.11. The van der Waals surface area contributed by atoms with Crippen molar-refractivity contribution >= 4 is 44.5 Å². The van der Waals surface area contributed by atoms with E-state index in [-0.39, 0.29) is 11.5 Å². The Kier molecular flexibility index (Phi) is 6.91. The van der Waals surface area contributed by atoms with E-state index in [4.69, 9.17) is 0 Å². The summed E-state index contributed by atoms with van der Waals surface area (Å²) in [5.74, 6) is 0.869. The predicted octanol–water partition coefficient (Wildman–Crippen LogP) is 12.4. The molecule has 0 N–H and O–H groups in total. The van der Waals surface area contributed by atoms with Gasteiger partial charge in [0.2, 0.25) is 0 Å². The Bertz CT molecular complexity index is 2360. The second-order valence-corrected chi connectivity index (χ2v) is 14.7. The molecule has 9 rings (SSSR count). The van der Waals surface area contributed by atoms with Crippen LogP contribution in [-0.2, 0) is 5.41 Å². The van der Waals surface area contributed by atoms with Gasteiger partial charge >= 0.3 is 0 Å². The van der Waals surface area contributed by atoms with Crippen LogP contribution in [0.1, 0.15) is 45.2 Å². The quantitative estimate of drug-likeness (QED) is 0.183. The maximum atomic E-state index is 2.56. The molecule has 0 aliphatic heterocycles. The molecular weight excluding hydrogens is 593 g/mol. The molecule has 49 heavy (non-hydrogen) atoms. The zero-order chi connectivity index (χ0) is 33.3. The van der Waals surface area contributed by atoms with E-state index < -0.39 is 0 Å². The molecule has 0 saturated carbocycles. The second kappa shape index (κ2) is 11.4. The van der Waals surface area contributed by atoms with E-state index in [0.29, 0.717) is 11.8 Å². The first kappa shape index (κ1) is 29.8. The summed E-state index contributed by atoms with van der Waals surface area (Å²) in [7, 11) is 0. The molecule has 3 aliphatic rings. The van der Waals surface area contributed by atoms with E-state index in [1.807, 2.05) is 0 Å². The lowest BCUT2D eigenvalue weighted by molar-refractivity contribution is 0.585. The maximum Gasteiger partial charge on any atom is 0.0588 e. The van der Waals surface area contributed by atoms with Gasteiger partial charge in [-0.15, -0.1) is 0 Å². The summed E-state index contributed by atoms with van der Waals surface area (Å²) in [6.45, 7) is 9.43. The number of hydrogen-bond acceptors (Lipinski definition) is 1. The summed E-state index contributed by atoms with van der Waals surface area (Å²) in [6.07, 6.45) is 13.2. The van der Waals surface area contributed by atoms with Crippen molar-refractivity contribution in [1.82, 2.24) is 4.57 Å². The van der Waals surface area contributed by atoms with Crippen molar-refractivity contribution in [3.05, 3.63) is 168 Å². The summed E-state index contributed by atoms with van der Waals surface area (Å²) in [5.41, 5.74) is 14.3. The molecule has 3 aliphatic carbocycles. The lowest BCUT2D eigenvalue weighted by Gasteiger charge is -2.39. The van der Waals surface area contributed by atoms with Crippen LogP contribution >= 0.6 is 0 Å². The Labute approximate surface area is 290 Å². The Morgan fingerprint density at radius 2 is 1.35 bits per heavy atom. The zero-order valence-electron chi connectivity index (χ0n) is 28.8. The molecule has 0 radical (unpaired) electrons. The number of rotatable bonds is 5. The van der Waals surface area contributed by atoms with Crippen LogP contribution in [0.4, 0.5) is 11.4 Å². The number of allylic oxidation sites excluding steroid dienone is 6. The molecule has 0 spiro atoms. The van der Waals surface area contributed by atoms with E-state index in [1.54, 1.807) is 0 Å². The van der Waals surface area contributed by atoms with E-state index >= 15 is 0 Å². The Balaban J connectivity index is 1.11. The highest BCUT2D eigenvalue weighted by atomic mass is 15.2. The largest absolute Gasteiger partial charge is 0.334 e. The first-order valence-electron chi connectivity index (χ1n) is 17.8. The van der Waals surface area contributed by atoms with E-state index in [0.717, 1.165) is 6.42 Å². The van der Waals surface area contributed by atoms with Gasteiger partial charge in [-0.2, -0.15) is 0 Å². The predicted molar refractivity (Wildman–Crippen MR) is 209 cm³/mol. The van der Waals surface area contributed by atoms with Crippen molar-refractivity contribution < 1.29 is 0 Å². The lowest BCUT2D eigenvalue weighted by Crippen LogP contribution is -2.37. The third-order valence-electron chi connectivity index (χ3n) is 11.2. The van der Waals surface area contributed by atoms with Crippen LogP contribution in [0.5, 0.6) is 0 Å². The molecule has 3 unspecified atom stereocenters. The van der Waals surface area contributed by atoms with Crippen molar-refractivity contribution in [3.8, 4) is 11.1 Å². The molecule has 0 amide bonds. The monoisotopic (exact) mass is 634 g/mol.